The van der Waals surface area contributed by atoms with E-state index in [0.717, 1.165) is 11.3 Å². The topological polar surface area (TPSA) is 102 Å². The van der Waals surface area contributed by atoms with E-state index >= 15 is 0 Å². The second-order valence-corrected chi connectivity index (χ2v) is 9.57. The van der Waals surface area contributed by atoms with Gasteiger partial charge in [0.1, 0.15) is 5.92 Å². The van der Waals surface area contributed by atoms with Crippen LogP contribution in [0.1, 0.15) is 22.6 Å². The van der Waals surface area contributed by atoms with Gasteiger partial charge in [0.05, 0.1) is 24.4 Å². The Morgan fingerprint density at radius 1 is 1.03 bits per heavy atom. The van der Waals surface area contributed by atoms with Crippen molar-refractivity contribution in [2.45, 2.75) is 12.3 Å². The first-order valence-electron chi connectivity index (χ1n) is 11.6. The minimum Gasteiger partial charge on any atom is -0.481 e. The maximum atomic E-state index is 13.1. The average Bonchev–Trinajstić information content (AvgIpc) is 3.16. The molecule has 37 heavy (non-hydrogen) atoms. The second-order valence-electron chi connectivity index (χ2n) is 9.13. The molecule has 1 aliphatic heterocycles. The number of aliphatic carboxylic acids is 1. The van der Waals surface area contributed by atoms with Crippen LogP contribution in [0.15, 0.2) is 71.7 Å². The summed E-state index contributed by atoms with van der Waals surface area (Å²) in [7, 11) is 5.39. The lowest BCUT2D eigenvalue weighted by molar-refractivity contribution is -0.136. The fourth-order valence-electron chi connectivity index (χ4n) is 4.23. The molecule has 2 N–H and O–H groups in total. The molecule has 1 aliphatic rings. The van der Waals surface area contributed by atoms with Gasteiger partial charge in [-0.05, 0) is 73.3 Å². The number of benzene rings is 3. The number of hydrogen-bond acceptors (Lipinski definition) is 5. The van der Waals surface area contributed by atoms with Crippen LogP contribution in [0.25, 0.3) is 0 Å². The lowest BCUT2D eigenvalue weighted by atomic mass is 9.89. The number of carbonyl (C=O) groups is 3. The molecule has 0 saturated carbocycles. The van der Waals surface area contributed by atoms with Gasteiger partial charge in [0.25, 0.3) is 0 Å². The molecular weight excluding hydrogens is 492 g/mol. The molecule has 0 radical (unpaired) electrons. The van der Waals surface area contributed by atoms with Gasteiger partial charge in [-0.15, -0.1) is 0 Å². The summed E-state index contributed by atoms with van der Waals surface area (Å²) < 4.78 is 0. The molecule has 2 amide bonds. The number of rotatable bonds is 8. The van der Waals surface area contributed by atoms with Gasteiger partial charge < -0.3 is 20.2 Å². The Kier molecular flexibility index (Phi) is 7.71. The number of carbonyl (C=O) groups excluding carboxylic acids is 2. The van der Waals surface area contributed by atoms with Crippen LogP contribution in [-0.2, 0) is 20.8 Å². The summed E-state index contributed by atoms with van der Waals surface area (Å²) in [6.45, 7) is 0.285. The number of halogens is 1. The summed E-state index contributed by atoms with van der Waals surface area (Å²) in [6, 6.07) is 19.4. The summed E-state index contributed by atoms with van der Waals surface area (Å²) in [5.41, 5.74) is 4.39. The van der Waals surface area contributed by atoms with Crippen molar-refractivity contribution in [1.82, 2.24) is 4.90 Å². The number of likely N-dealkylation sites (N-methyl/N-ethyl adjacent to an activating group) is 2. The normalized spacial score (nSPS) is 14.9. The maximum absolute atomic E-state index is 13.1. The molecule has 0 aromatic heterocycles. The smallest absolute Gasteiger partial charge is 0.307 e. The maximum Gasteiger partial charge on any atom is 0.307 e. The highest BCUT2D eigenvalue weighted by Gasteiger charge is 2.35. The minimum absolute atomic E-state index is 0.0462. The number of carboxylic acids is 1. The average molecular weight is 519 g/mol. The van der Waals surface area contributed by atoms with Crippen molar-refractivity contribution in [3.8, 4) is 0 Å². The summed E-state index contributed by atoms with van der Waals surface area (Å²) >= 11 is 6.14. The highest BCUT2D eigenvalue weighted by Crippen LogP contribution is 2.38. The SMILES string of the molecule is CN(C)CC(=O)N(C)c1ccc(N=C(c2cccc(CC(=O)O)c2)C2C(=O)Nc3cc(Cl)ccc32)cc1. The standard InChI is InChI=1S/C28H27ClN4O4/c1-32(2)16-24(34)33(3)21-10-8-20(9-11-21)30-27(18-6-4-5-17(13-18)14-25(35)36)26-22-12-7-19(29)15-23(22)31-28(26)37/h4-13,15,26H,14,16H2,1-3H3,(H,31,37)(H,35,36). The Morgan fingerprint density at radius 2 is 1.76 bits per heavy atom. The Bertz CT molecular complexity index is 1390. The van der Waals surface area contributed by atoms with Crippen molar-refractivity contribution >= 4 is 52.2 Å². The Labute approximate surface area is 220 Å². The Morgan fingerprint density at radius 3 is 2.43 bits per heavy atom. The van der Waals surface area contributed by atoms with E-state index in [4.69, 9.17) is 16.6 Å². The van der Waals surface area contributed by atoms with E-state index in [0.29, 0.717) is 33.2 Å². The van der Waals surface area contributed by atoms with E-state index in [9.17, 15) is 19.5 Å². The molecule has 0 fully saturated rings. The summed E-state index contributed by atoms with van der Waals surface area (Å²) in [5, 5.41) is 12.6. The van der Waals surface area contributed by atoms with Crippen molar-refractivity contribution in [1.29, 1.82) is 0 Å². The first-order chi connectivity index (χ1) is 17.6. The summed E-state index contributed by atoms with van der Waals surface area (Å²) in [6.07, 6.45) is -0.147. The van der Waals surface area contributed by atoms with Gasteiger partial charge in [-0.1, -0.05) is 35.9 Å². The first-order valence-corrected chi connectivity index (χ1v) is 12.0. The van der Waals surface area contributed by atoms with Gasteiger partial charge in [-0.25, -0.2) is 0 Å². The monoisotopic (exact) mass is 518 g/mol. The molecular formula is C28H27ClN4O4. The molecule has 1 unspecified atom stereocenters. The third kappa shape index (κ3) is 6.04. The highest BCUT2D eigenvalue weighted by atomic mass is 35.5. The third-order valence-electron chi connectivity index (χ3n) is 6.01. The van der Waals surface area contributed by atoms with Crippen LogP contribution in [0.4, 0.5) is 17.1 Å². The molecule has 9 heteroatoms. The lowest BCUT2D eigenvalue weighted by Gasteiger charge is -2.20. The van der Waals surface area contributed by atoms with Gasteiger partial charge in [0, 0.05) is 23.4 Å². The zero-order valence-electron chi connectivity index (χ0n) is 20.7. The van der Waals surface area contributed by atoms with Gasteiger partial charge in [0.2, 0.25) is 11.8 Å². The second kappa shape index (κ2) is 10.9. The van der Waals surface area contributed by atoms with E-state index < -0.39 is 11.9 Å². The number of amides is 2. The molecule has 8 nitrogen and oxygen atoms in total. The fourth-order valence-corrected chi connectivity index (χ4v) is 4.40. The van der Waals surface area contributed by atoms with Gasteiger partial charge in [-0.3, -0.25) is 19.4 Å². The molecule has 0 saturated heterocycles. The van der Waals surface area contributed by atoms with E-state index in [1.807, 2.05) is 20.2 Å². The predicted octanol–water partition coefficient (Wildman–Crippen LogP) is 4.35. The van der Waals surface area contributed by atoms with Crippen LogP contribution < -0.4 is 10.2 Å². The first kappa shape index (κ1) is 26.1. The van der Waals surface area contributed by atoms with Crippen LogP contribution in [0.2, 0.25) is 5.02 Å². The van der Waals surface area contributed by atoms with E-state index in [1.165, 1.54) is 0 Å². The van der Waals surface area contributed by atoms with Crippen molar-refractivity contribution in [2.75, 3.05) is 37.9 Å². The zero-order chi connectivity index (χ0) is 26.7. The highest BCUT2D eigenvalue weighted by molar-refractivity contribution is 6.31. The summed E-state index contributed by atoms with van der Waals surface area (Å²) in [5.74, 6) is -1.95. The molecule has 3 aromatic rings. The number of aliphatic imine (C=N–C) groups is 1. The molecule has 0 aliphatic carbocycles. The minimum atomic E-state index is -0.947. The Hall–Kier alpha value is -4.01. The van der Waals surface area contributed by atoms with E-state index in [-0.39, 0.29) is 24.8 Å². The quantitative estimate of drug-likeness (QED) is 0.432. The van der Waals surface area contributed by atoms with E-state index in [1.54, 1.807) is 77.5 Å². The molecule has 190 valence electrons. The van der Waals surface area contributed by atoms with E-state index in [2.05, 4.69) is 5.32 Å². The molecule has 0 spiro atoms. The van der Waals surface area contributed by atoms with Crippen molar-refractivity contribution in [2.24, 2.45) is 4.99 Å². The predicted molar refractivity (Wildman–Crippen MR) is 145 cm³/mol. The zero-order valence-corrected chi connectivity index (χ0v) is 21.5. The van der Waals surface area contributed by atoms with Crippen molar-refractivity contribution in [3.05, 3.63) is 88.4 Å². The van der Waals surface area contributed by atoms with Crippen LogP contribution in [0, 0.1) is 0 Å². The summed E-state index contributed by atoms with van der Waals surface area (Å²) in [4.78, 5) is 45.1. The number of anilines is 2. The Balaban J connectivity index is 1.76. The van der Waals surface area contributed by atoms with Crippen LogP contribution in [0.5, 0.6) is 0 Å². The number of nitrogens with one attached hydrogen (secondary N) is 1. The van der Waals surface area contributed by atoms with Crippen molar-refractivity contribution < 1.29 is 19.5 Å². The van der Waals surface area contributed by atoms with Gasteiger partial charge in [0.15, 0.2) is 0 Å². The number of nitrogens with zero attached hydrogens (tertiary/aromatic N) is 3. The molecule has 1 heterocycles. The van der Waals surface area contributed by atoms with Crippen LogP contribution >= 0.6 is 11.6 Å². The molecule has 1 atom stereocenters. The van der Waals surface area contributed by atoms with Gasteiger partial charge >= 0.3 is 5.97 Å². The number of hydrogen-bond donors (Lipinski definition) is 2. The van der Waals surface area contributed by atoms with Crippen LogP contribution in [0.3, 0.4) is 0 Å². The molecule has 4 rings (SSSR count). The fraction of sp³-hybridized carbons (Fsp3) is 0.214. The number of fused-ring (bicyclic) bond motifs is 1. The molecule has 3 aromatic carbocycles. The lowest BCUT2D eigenvalue weighted by Crippen LogP contribution is -2.34. The third-order valence-corrected chi connectivity index (χ3v) is 6.25. The van der Waals surface area contributed by atoms with Gasteiger partial charge in [-0.2, -0.15) is 0 Å². The number of carboxylic acid groups (broad SMARTS) is 1. The van der Waals surface area contributed by atoms with Crippen molar-refractivity contribution in [3.63, 3.8) is 0 Å². The largest absolute Gasteiger partial charge is 0.481 e. The van der Waals surface area contributed by atoms with Crippen LogP contribution in [-0.4, -0.2) is 61.2 Å². The molecule has 0 bridgehead atoms.